The summed E-state index contributed by atoms with van der Waals surface area (Å²) < 4.78 is 15.8. The Bertz CT molecular complexity index is 1480. The quantitative estimate of drug-likeness (QED) is 0.129. The summed E-state index contributed by atoms with van der Waals surface area (Å²) in [5, 5.41) is 21.7. The number of thiazole rings is 1. The first-order valence-corrected chi connectivity index (χ1v) is 12.7. The molecule has 1 aromatic heterocycles. The van der Waals surface area contributed by atoms with Crippen LogP contribution < -0.4 is 14.4 Å². The van der Waals surface area contributed by atoms with E-state index in [1.807, 2.05) is 0 Å². The van der Waals surface area contributed by atoms with E-state index in [1.165, 1.54) is 25.3 Å². The average Bonchev–Trinajstić information content (AvgIpc) is 3.44. The van der Waals surface area contributed by atoms with Gasteiger partial charge in [0, 0.05) is 5.56 Å². The number of phenols is 1. The number of benzene rings is 2. The number of carbonyl (C=O) groups excluding carboxylic acids is 3. The van der Waals surface area contributed by atoms with Crippen LogP contribution in [-0.2, 0) is 14.3 Å². The number of anilines is 1. The molecule has 1 atom stereocenters. The van der Waals surface area contributed by atoms with Crippen LogP contribution in [0, 0.1) is 6.92 Å². The highest BCUT2D eigenvalue weighted by molar-refractivity contribution is 7.17. The summed E-state index contributed by atoms with van der Waals surface area (Å²) in [7, 11) is 1.23. The minimum absolute atomic E-state index is 0.0678. The Balaban J connectivity index is 1.90. The van der Waals surface area contributed by atoms with Gasteiger partial charge in [0.15, 0.2) is 16.6 Å². The van der Waals surface area contributed by atoms with E-state index in [0.29, 0.717) is 23.6 Å². The van der Waals surface area contributed by atoms with Gasteiger partial charge >= 0.3 is 11.9 Å². The highest BCUT2D eigenvalue weighted by Crippen LogP contribution is 2.45. The molecular weight excluding hydrogens is 524 g/mol. The zero-order chi connectivity index (χ0) is 28.3. The van der Waals surface area contributed by atoms with Gasteiger partial charge in [-0.1, -0.05) is 30.1 Å². The first kappa shape index (κ1) is 27.4. The van der Waals surface area contributed by atoms with Gasteiger partial charge in [-0.3, -0.25) is 14.5 Å². The van der Waals surface area contributed by atoms with E-state index in [0.717, 1.165) is 16.2 Å². The van der Waals surface area contributed by atoms with Gasteiger partial charge in [0.2, 0.25) is 0 Å². The van der Waals surface area contributed by atoms with Crippen molar-refractivity contribution in [3.63, 3.8) is 0 Å². The van der Waals surface area contributed by atoms with Crippen molar-refractivity contribution in [3.05, 3.63) is 82.4 Å². The van der Waals surface area contributed by atoms with E-state index in [1.54, 1.807) is 44.2 Å². The first-order chi connectivity index (χ1) is 18.7. The third kappa shape index (κ3) is 5.21. The molecule has 1 saturated heterocycles. The van der Waals surface area contributed by atoms with Gasteiger partial charge in [0.25, 0.3) is 5.78 Å². The largest absolute Gasteiger partial charge is 0.507 e. The summed E-state index contributed by atoms with van der Waals surface area (Å²) in [5.41, 5.74) is 0.771. The second-order valence-electron chi connectivity index (χ2n) is 8.36. The van der Waals surface area contributed by atoms with E-state index >= 15 is 0 Å². The number of aromatic hydroxyl groups is 1. The minimum Gasteiger partial charge on any atom is -0.507 e. The third-order valence-corrected chi connectivity index (χ3v) is 7.04. The number of hydrogen-bond donors (Lipinski definition) is 2. The molecule has 0 aliphatic carbocycles. The van der Waals surface area contributed by atoms with Crippen LogP contribution in [0.3, 0.4) is 0 Å². The van der Waals surface area contributed by atoms with Crippen LogP contribution in [-0.4, -0.2) is 53.2 Å². The number of nitrogens with zero attached hydrogens (tertiary/aromatic N) is 2. The molecule has 3 aromatic rings. The Hall–Kier alpha value is -4.64. The fraction of sp³-hybridized carbons (Fsp3) is 0.214. The molecule has 1 aliphatic heterocycles. The second kappa shape index (κ2) is 11.4. The Labute approximate surface area is 228 Å². The topological polar surface area (TPSA) is 135 Å². The van der Waals surface area contributed by atoms with Crippen molar-refractivity contribution in [2.45, 2.75) is 19.9 Å². The van der Waals surface area contributed by atoms with Gasteiger partial charge in [-0.05, 0) is 55.8 Å². The number of Topliss-reactive ketones (excluding diaryl/α,β-unsaturated/α-hetero) is 1. The van der Waals surface area contributed by atoms with Crippen molar-refractivity contribution in [2.24, 2.45) is 0 Å². The summed E-state index contributed by atoms with van der Waals surface area (Å²) in [4.78, 5) is 44.7. The number of ether oxygens (including phenoxy) is 3. The number of aromatic nitrogens is 1. The number of ketones is 1. The number of aryl methyl sites for hydroxylation is 1. The van der Waals surface area contributed by atoms with Crippen LogP contribution in [0.4, 0.5) is 5.13 Å². The van der Waals surface area contributed by atoms with E-state index in [2.05, 4.69) is 11.6 Å². The molecule has 0 radical (unpaired) electrons. The molecule has 2 heterocycles. The lowest BCUT2D eigenvalue weighted by Crippen LogP contribution is -2.29. The third-order valence-electron chi connectivity index (χ3n) is 5.90. The van der Waals surface area contributed by atoms with Crippen LogP contribution in [0.15, 0.2) is 60.7 Å². The van der Waals surface area contributed by atoms with E-state index in [9.17, 15) is 24.6 Å². The van der Waals surface area contributed by atoms with Crippen LogP contribution in [0.2, 0.25) is 0 Å². The number of hydrogen-bond acceptors (Lipinski definition) is 10. The molecule has 2 aromatic carbocycles. The zero-order valence-corrected chi connectivity index (χ0v) is 22.3. The molecule has 0 spiro atoms. The number of carbonyl (C=O) groups is 3. The van der Waals surface area contributed by atoms with Gasteiger partial charge < -0.3 is 24.4 Å². The van der Waals surface area contributed by atoms with Crippen LogP contribution in [0.1, 0.15) is 39.5 Å². The lowest BCUT2D eigenvalue weighted by molar-refractivity contribution is -0.132. The molecule has 1 fully saturated rings. The molecule has 1 aliphatic rings. The van der Waals surface area contributed by atoms with E-state index < -0.39 is 29.5 Å². The van der Waals surface area contributed by atoms with Crippen LogP contribution in [0.25, 0.3) is 5.76 Å². The maximum absolute atomic E-state index is 13.4. The number of rotatable bonds is 9. The van der Waals surface area contributed by atoms with Gasteiger partial charge in [-0.2, -0.15) is 0 Å². The lowest BCUT2D eigenvalue weighted by Gasteiger charge is -2.23. The summed E-state index contributed by atoms with van der Waals surface area (Å²) in [6.45, 7) is 7.48. The van der Waals surface area contributed by atoms with Gasteiger partial charge in [-0.25, -0.2) is 9.78 Å². The van der Waals surface area contributed by atoms with Crippen LogP contribution >= 0.6 is 11.3 Å². The Morgan fingerprint density at radius 2 is 1.90 bits per heavy atom. The molecular formula is C28H26N2O8S. The predicted molar refractivity (Wildman–Crippen MR) is 144 cm³/mol. The van der Waals surface area contributed by atoms with E-state index in [4.69, 9.17) is 14.2 Å². The van der Waals surface area contributed by atoms with E-state index in [-0.39, 0.29) is 39.3 Å². The molecule has 11 heteroatoms. The summed E-state index contributed by atoms with van der Waals surface area (Å²) in [6, 6.07) is 9.59. The number of methoxy groups -OCH3 is 1. The molecule has 202 valence electrons. The normalized spacial score (nSPS) is 16.3. The van der Waals surface area contributed by atoms with Crippen molar-refractivity contribution >= 4 is 39.9 Å². The van der Waals surface area contributed by atoms with Gasteiger partial charge in [-0.15, -0.1) is 0 Å². The number of aliphatic hydroxyl groups excluding tert-OH is 1. The minimum atomic E-state index is -1.14. The van der Waals surface area contributed by atoms with Gasteiger partial charge in [0.1, 0.15) is 23.0 Å². The highest BCUT2D eigenvalue weighted by atomic mass is 32.1. The number of amides is 1. The Kier molecular flexibility index (Phi) is 8.01. The Morgan fingerprint density at radius 3 is 2.54 bits per heavy atom. The molecule has 4 rings (SSSR count). The van der Waals surface area contributed by atoms with Gasteiger partial charge in [0.05, 0.1) is 31.0 Å². The van der Waals surface area contributed by atoms with Crippen molar-refractivity contribution < 1.29 is 38.8 Å². The maximum atomic E-state index is 13.4. The number of aliphatic hydroxyl groups is 1. The predicted octanol–water partition coefficient (Wildman–Crippen LogP) is 4.53. The van der Waals surface area contributed by atoms with Crippen molar-refractivity contribution in [2.75, 3.05) is 25.2 Å². The first-order valence-electron chi connectivity index (χ1n) is 11.9. The van der Waals surface area contributed by atoms with Crippen LogP contribution in [0.5, 0.6) is 17.2 Å². The van der Waals surface area contributed by atoms with Crippen molar-refractivity contribution in [3.8, 4) is 17.2 Å². The molecule has 39 heavy (non-hydrogen) atoms. The standard InChI is InChI=1S/C28H26N2O8S/c1-5-13-38-18-10-7-16(8-11-18)23(32)21-22(17-9-12-19(31)20(14-17)37-6-2)30(26(34)24(21)33)28-29-15(3)25(39-28)27(35)36-4/h5,7-12,14,22,31-32H,1,6,13H2,2-4H3/b23-21+. The van der Waals surface area contributed by atoms with Crippen molar-refractivity contribution in [1.82, 2.24) is 4.98 Å². The fourth-order valence-electron chi connectivity index (χ4n) is 4.10. The lowest BCUT2D eigenvalue weighted by atomic mass is 9.95. The maximum Gasteiger partial charge on any atom is 0.350 e. The highest BCUT2D eigenvalue weighted by Gasteiger charge is 2.48. The molecule has 10 nitrogen and oxygen atoms in total. The Morgan fingerprint density at radius 1 is 1.18 bits per heavy atom. The number of esters is 1. The molecule has 1 unspecified atom stereocenters. The molecule has 2 N–H and O–H groups in total. The average molecular weight is 551 g/mol. The summed E-state index contributed by atoms with van der Waals surface area (Å²) in [6.07, 6.45) is 1.59. The molecule has 0 saturated carbocycles. The monoisotopic (exact) mass is 550 g/mol. The van der Waals surface area contributed by atoms with Crippen molar-refractivity contribution in [1.29, 1.82) is 0 Å². The fourth-order valence-corrected chi connectivity index (χ4v) is 5.12. The smallest absolute Gasteiger partial charge is 0.350 e. The number of phenolic OH excluding ortho intramolecular Hbond substituents is 1. The second-order valence-corrected chi connectivity index (χ2v) is 9.33. The zero-order valence-electron chi connectivity index (χ0n) is 21.5. The molecule has 0 bridgehead atoms. The summed E-state index contributed by atoms with van der Waals surface area (Å²) >= 11 is 0.888. The summed E-state index contributed by atoms with van der Waals surface area (Å²) in [5.74, 6) is -2.40. The SMILES string of the molecule is C=CCOc1ccc(/C(O)=C2\C(=O)C(=O)N(c3nc(C)c(C(=O)OC)s3)C2c2ccc(O)c(OCC)c2)cc1. The molecule has 1 amide bonds.